The molecule has 0 unspecified atom stereocenters. The number of hydrogen-bond donors (Lipinski definition) is 1. The predicted molar refractivity (Wildman–Crippen MR) is 120 cm³/mol. The van der Waals surface area contributed by atoms with Crippen molar-refractivity contribution in [1.29, 1.82) is 0 Å². The van der Waals surface area contributed by atoms with Crippen LogP contribution in [0, 0.1) is 5.82 Å². The number of allylic oxidation sites excluding steroid dienone is 1. The van der Waals surface area contributed by atoms with Crippen molar-refractivity contribution in [2.24, 2.45) is 0 Å². The van der Waals surface area contributed by atoms with E-state index in [0.717, 1.165) is 5.69 Å². The highest BCUT2D eigenvalue weighted by atomic mass is 19.1. The predicted octanol–water partition coefficient (Wildman–Crippen LogP) is 5.02. The normalized spacial score (nSPS) is 14.1. The van der Waals surface area contributed by atoms with Crippen molar-refractivity contribution in [2.75, 3.05) is 4.90 Å². The summed E-state index contributed by atoms with van der Waals surface area (Å²) in [7, 11) is 0. The Morgan fingerprint density at radius 2 is 1.58 bits per heavy atom. The van der Waals surface area contributed by atoms with E-state index in [-0.39, 0.29) is 11.6 Å². The number of para-hydroxylation sites is 1. The van der Waals surface area contributed by atoms with Gasteiger partial charge < -0.3 is 10.2 Å². The highest BCUT2D eigenvalue weighted by molar-refractivity contribution is 6.22. The lowest BCUT2D eigenvalue weighted by Gasteiger charge is -2.34. The molecule has 5 heteroatoms. The van der Waals surface area contributed by atoms with Gasteiger partial charge in [-0.3, -0.25) is 9.59 Å². The summed E-state index contributed by atoms with van der Waals surface area (Å²) in [5.74, 6) is -0.940. The number of nitrogens with zero attached hydrogens (tertiary/aromatic N) is 1. The minimum absolute atomic E-state index is 0.173. The molecule has 0 spiro atoms. The number of Topliss-reactive ketones (excluding diaryl/α,β-unsaturated/α-hetero) is 1. The average molecular weight is 414 g/mol. The molecule has 31 heavy (non-hydrogen) atoms. The maximum Gasteiger partial charge on any atom is 0.254 e. The lowest BCUT2D eigenvalue weighted by atomic mass is 9.91. The van der Waals surface area contributed by atoms with Crippen LogP contribution in [0.2, 0.25) is 0 Å². The summed E-state index contributed by atoms with van der Waals surface area (Å²) in [5, 5.41) is 2.87. The standard InChI is InChI=1S/C26H23FN2O2/c1-17-24(26(31)28-25(18(2)30)19-10-5-3-6-11-19)21-14-9-15-23(27)22(21)16-29(17)20-12-7-4-8-13-20/h3-15,25H,16H2,1-2H3,(H,28,31)/t25-/m1/s1. The molecule has 0 fully saturated rings. The van der Waals surface area contributed by atoms with Crippen LogP contribution >= 0.6 is 0 Å². The van der Waals surface area contributed by atoms with Crippen LogP contribution < -0.4 is 10.2 Å². The maximum atomic E-state index is 14.7. The van der Waals surface area contributed by atoms with Crippen LogP contribution in [0.4, 0.5) is 10.1 Å². The van der Waals surface area contributed by atoms with E-state index < -0.39 is 11.9 Å². The lowest BCUT2D eigenvalue weighted by molar-refractivity contribution is -0.124. The number of benzene rings is 3. The Bertz CT molecular complexity index is 1160. The SMILES string of the molecule is CC(=O)[C@@H](NC(=O)C1=C(C)N(c2ccccc2)Cc2c(F)cccc21)c1ccccc1. The summed E-state index contributed by atoms with van der Waals surface area (Å²) in [6.45, 7) is 3.62. The van der Waals surface area contributed by atoms with E-state index >= 15 is 0 Å². The molecule has 0 saturated heterocycles. The highest BCUT2D eigenvalue weighted by Crippen LogP contribution is 2.36. The van der Waals surface area contributed by atoms with Gasteiger partial charge >= 0.3 is 0 Å². The number of hydrogen-bond acceptors (Lipinski definition) is 3. The number of carbonyl (C=O) groups is 2. The molecule has 4 rings (SSSR count). The van der Waals surface area contributed by atoms with E-state index in [1.807, 2.05) is 60.4 Å². The Morgan fingerprint density at radius 1 is 0.935 bits per heavy atom. The van der Waals surface area contributed by atoms with Crippen molar-refractivity contribution in [3.05, 3.63) is 107 Å². The molecule has 0 aromatic heterocycles. The van der Waals surface area contributed by atoms with Gasteiger partial charge in [-0.1, -0.05) is 60.7 Å². The van der Waals surface area contributed by atoms with E-state index in [1.54, 1.807) is 24.3 Å². The molecule has 1 atom stereocenters. The van der Waals surface area contributed by atoms with Crippen molar-refractivity contribution >= 4 is 23.0 Å². The topological polar surface area (TPSA) is 49.4 Å². The molecule has 1 heterocycles. The highest BCUT2D eigenvalue weighted by Gasteiger charge is 2.31. The van der Waals surface area contributed by atoms with Crippen molar-refractivity contribution in [2.45, 2.75) is 26.4 Å². The van der Waals surface area contributed by atoms with Crippen LogP contribution in [0.25, 0.3) is 5.57 Å². The zero-order valence-electron chi connectivity index (χ0n) is 17.4. The first kappa shape index (κ1) is 20.5. The van der Waals surface area contributed by atoms with Crippen molar-refractivity contribution in [1.82, 2.24) is 5.32 Å². The van der Waals surface area contributed by atoms with Gasteiger partial charge in [-0.15, -0.1) is 0 Å². The monoisotopic (exact) mass is 414 g/mol. The molecule has 0 aliphatic carbocycles. The molecule has 1 aliphatic heterocycles. The van der Waals surface area contributed by atoms with Crippen molar-refractivity contribution < 1.29 is 14.0 Å². The Hall–Kier alpha value is -3.73. The molecular weight excluding hydrogens is 391 g/mol. The van der Waals surface area contributed by atoms with Gasteiger partial charge in [0.25, 0.3) is 5.91 Å². The molecule has 1 N–H and O–H groups in total. The van der Waals surface area contributed by atoms with Gasteiger partial charge in [0.15, 0.2) is 5.78 Å². The number of rotatable bonds is 5. The molecule has 3 aromatic carbocycles. The summed E-state index contributed by atoms with van der Waals surface area (Å²) in [6.07, 6.45) is 0. The first-order chi connectivity index (χ1) is 15.0. The van der Waals surface area contributed by atoms with Gasteiger partial charge in [-0.2, -0.15) is 0 Å². The van der Waals surface area contributed by atoms with E-state index in [9.17, 15) is 14.0 Å². The smallest absolute Gasteiger partial charge is 0.254 e. The molecule has 4 nitrogen and oxygen atoms in total. The number of ketones is 1. The molecule has 1 aliphatic rings. The van der Waals surface area contributed by atoms with Crippen molar-refractivity contribution in [3.8, 4) is 0 Å². The Labute approximate surface area is 181 Å². The molecule has 0 bridgehead atoms. The second-order valence-electron chi connectivity index (χ2n) is 7.58. The van der Waals surface area contributed by atoms with Gasteiger partial charge in [-0.05, 0) is 43.2 Å². The van der Waals surface area contributed by atoms with Gasteiger partial charge in [0.2, 0.25) is 0 Å². The fourth-order valence-electron chi connectivity index (χ4n) is 4.01. The third-order valence-corrected chi connectivity index (χ3v) is 5.58. The Kier molecular flexibility index (Phi) is 5.67. The maximum absolute atomic E-state index is 14.7. The summed E-state index contributed by atoms with van der Waals surface area (Å²) >= 11 is 0. The van der Waals surface area contributed by atoms with E-state index in [0.29, 0.717) is 34.5 Å². The molecule has 3 aromatic rings. The van der Waals surface area contributed by atoms with Crippen molar-refractivity contribution in [3.63, 3.8) is 0 Å². The number of fused-ring (bicyclic) bond motifs is 1. The van der Waals surface area contributed by atoms with Gasteiger partial charge in [0.1, 0.15) is 11.9 Å². The minimum Gasteiger partial charge on any atom is -0.340 e. The summed E-state index contributed by atoms with van der Waals surface area (Å²) < 4.78 is 14.7. The third kappa shape index (κ3) is 3.99. The Balaban J connectivity index is 1.79. The van der Waals surface area contributed by atoms with E-state index in [4.69, 9.17) is 0 Å². The minimum atomic E-state index is -0.780. The second kappa shape index (κ2) is 8.56. The Morgan fingerprint density at radius 3 is 2.23 bits per heavy atom. The first-order valence-corrected chi connectivity index (χ1v) is 10.1. The number of anilines is 1. The second-order valence-corrected chi connectivity index (χ2v) is 7.58. The fraction of sp³-hybridized carbons (Fsp3) is 0.154. The summed E-state index contributed by atoms with van der Waals surface area (Å²) in [4.78, 5) is 27.7. The largest absolute Gasteiger partial charge is 0.340 e. The first-order valence-electron chi connectivity index (χ1n) is 10.1. The van der Waals surface area contributed by atoms with Gasteiger partial charge in [0, 0.05) is 16.9 Å². The quantitative estimate of drug-likeness (QED) is 0.638. The van der Waals surface area contributed by atoms with Crippen LogP contribution in [0.3, 0.4) is 0 Å². The molecule has 1 amide bonds. The van der Waals surface area contributed by atoms with Crippen LogP contribution in [0.5, 0.6) is 0 Å². The lowest BCUT2D eigenvalue weighted by Crippen LogP contribution is -2.37. The average Bonchev–Trinajstić information content (AvgIpc) is 2.78. The van der Waals surface area contributed by atoms with Crippen LogP contribution in [-0.4, -0.2) is 11.7 Å². The number of halogens is 1. The number of amides is 1. The molecule has 0 radical (unpaired) electrons. The number of nitrogens with one attached hydrogen (secondary N) is 1. The summed E-state index contributed by atoms with van der Waals surface area (Å²) in [6, 6.07) is 22.7. The van der Waals surface area contributed by atoms with E-state index in [2.05, 4.69) is 5.32 Å². The fourth-order valence-corrected chi connectivity index (χ4v) is 4.01. The summed E-state index contributed by atoms with van der Waals surface area (Å²) in [5.41, 5.74) is 3.66. The molecule has 156 valence electrons. The molecular formula is C26H23FN2O2. The van der Waals surface area contributed by atoms with Gasteiger partial charge in [-0.25, -0.2) is 4.39 Å². The van der Waals surface area contributed by atoms with Crippen LogP contribution in [0.1, 0.15) is 36.6 Å². The van der Waals surface area contributed by atoms with Crippen LogP contribution in [-0.2, 0) is 16.1 Å². The zero-order chi connectivity index (χ0) is 22.0. The zero-order valence-corrected chi connectivity index (χ0v) is 17.4. The van der Waals surface area contributed by atoms with Gasteiger partial charge in [0.05, 0.1) is 12.1 Å². The third-order valence-electron chi connectivity index (χ3n) is 5.58. The molecule has 0 saturated carbocycles. The number of carbonyl (C=O) groups excluding carboxylic acids is 2. The van der Waals surface area contributed by atoms with E-state index in [1.165, 1.54) is 13.0 Å². The van der Waals surface area contributed by atoms with Crippen LogP contribution in [0.15, 0.2) is 84.6 Å².